The number of phenols is 1. The van der Waals surface area contributed by atoms with Gasteiger partial charge in [-0.25, -0.2) is 4.73 Å². The Bertz CT molecular complexity index is 845. The van der Waals surface area contributed by atoms with Crippen molar-refractivity contribution in [3.05, 3.63) is 65.6 Å². The summed E-state index contributed by atoms with van der Waals surface area (Å²) in [4.78, 5) is 4.18. The van der Waals surface area contributed by atoms with Crippen LogP contribution in [0, 0.1) is 12.1 Å². The smallest absolute Gasteiger partial charge is 0.290 e. The highest BCUT2D eigenvalue weighted by molar-refractivity contribution is 5.67. The molecule has 0 aliphatic carbocycles. The summed E-state index contributed by atoms with van der Waals surface area (Å²) in [6.07, 6.45) is 1.25. The molecule has 0 spiro atoms. The minimum Gasteiger partial charge on any atom is -0.710 e. The van der Waals surface area contributed by atoms with E-state index in [1.807, 2.05) is 25.1 Å². The van der Waals surface area contributed by atoms with Crippen molar-refractivity contribution in [3.8, 4) is 34.0 Å². The number of aromatic hydroxyl groups is 1. The predicted octanol–water partition coefficient (Wildman–Crippen LogP) is 3.07. The average molecular weight is 308 g/mol. The SMILES string of the molecule is COc1ccc(-c2cc(-c3ccc(O)c(C)c3)nc[n+]2[O-])cc1. The Balaban J connectivity index is 2.06. The van der Waals surface area contributed by atoms with Crippen molar-refractivity contribution >= 4 is 0 Å². The van der Waals surface area contributed by atoms with Crippen LogP contribution in [0.3, 0.4) is 0 Å². The van der Waals surface area contributed by atoms with Crippen LogP contribution in [-0.4, -0.2) is 17.2 Å². The van der Waals surface area contributed by atoms with Crippen LogP contribution < -0.4 is 9.47 Å². The van der Waals surface area contributed by atoms with Crippen LogP contribution in [0.1, 0.15) is 5.56 Å². The highest BCUT2D eigenvalue weighted by Gasteiger charge is 2.13. The van der Waals surface area contributed by atoms with E-state index in [0.29, 0.717) is 11.4 Å². The molecule has 5 nitrogen and oxygen atoms in total. The number of benzene rings is 2. The van der Waals surface area contributed by atoms with Crippen molar-refractivity contribution in [2.45, 2.75) is 6.92 Å². The average Bonchev–Trinajstić information content (AvgIpc) is 2.58. The van der Waals surface area contributed by atoms with Gasteiger partial charge in [0.15, 0.2) is 5.69 Å². The molecule has 5 heteroatoms. The first kappa shape index (κ1) is 14.8. The summed E-state index contributed by atoms with van der Waals surface area (Å²) in [5, 5.41) is 21.7. The summed E-state index contributed by atoms with van der Waals surface area (Å²) in [6.45, 7) is 1.82. The molecule has 0 atom stereocenters. The van der Waals surface area contributed by atoms with Crippen molar-refractivity contribution in [1.82, 2.24) is 4.98 Å². The maximum atomic E-state index is 12.1. The first-order valence-corrected chi connectivity index (χ1v) is 7.12. The zero-order valence-electron chi connectivity index (χ0n) is 12.9. The van der Waals surface area contributed by atoms with Crippen molar-refractivity contribution in [2.24, 2.45) is 0 Å². The Morgan fingerprint density at radius 1 is 1.04 bits per heavy atom. The maximum absolute atomic E-state index is 12.1. The number of rotatable bonds is 3. The van der Waals surface area contributed by atoms with Crippen molar-refractivity contribution in [3.63, 3.8) is 0 Å². The number of phenolic OH excluding ortho intramolecular Hbond substituents is 1. The summed E-state index contributed by atoms with van der Waals surface area (Å²) < 4.78 is 5.87. The normalized spacial score (nSPS) is 10.5. The second kappa shape index (κ2) is 5.96. The minimum atomic E-state index is 0.235. The molecule has 0 bridgehead atoms. The molecule has 0 saturated heterocycles. The summed E-state index contributed by atoms with van der Waals surface area (Å²) in [5.74, 6) is 0.966. The van der Waals surface area contributed by atoms with E-state index in [4.69, 9.17) is 4.74 Å². The lowest BCUT2D eigenvalue weighted by atomic mass is 10.1. The molecule has 0 fully saturated rings. The molecule has 0 saturated carbocycles. The van der Waals surface area contributed by atoms with Gasteiger partial charge in [0.05, 0.1) is 7.11 Å². The van der Waals surface area contributed by atoms with Crippen LogP contribution in [0.25, 0.3) is 22.5 Å². The molecule has 1 N–H and O–H groups in total. The third kappa shape index (κ3) is 2.94. The Kier molecular flexibility index (Phi) is 3.85. The van der Waals surface area contributed by atoms with E-state index in [0.717, 1.165) is 27.2 Å². The Morgan fingerprint density at radius 2 is 1.74 bits per heavy atom. The second-order valence-corrected chi connectivity index (χ2v) is 5.21. The van der Waals surface area contributed by atoms with Gasteiger partial charge < -0.3 is 15.1 Å². The minimum absolute atomic E-state index is 0.235. The van der Waals surface area contributed by atoms with Gasteiger partial charge in [0.25, 0.3) is 6.33 Å². The Morgan fingerprint density at radius 3 is 2.39 bits per heavy atom. The van der Waals surface area contributed by atoms with E-state index >= 15 is 0 Å². The van der Waals surface area contributed by atoms with Crippen molar-refractivity contribution in [2.75, 3.05) is 7.11 Å². The lowest BCUT2D eigenvalue weighted by molar-refractivity contribution is -0.597. The first-order chi connectivity index (χ1) is 11.1. The van der Waals surface area contributed by atoms with Gasteiger partial charge in [0.1, 0.15) is 17.2 Å². The van der Waals surface area contributed by atoms with Crippen LogP contribution in [-0.2, 0) is 0 Å². The summed E-state index contributed by atoms with van der Waals surface area (Å²) in [7, 11) is 1.60. The largest absolute Gasteiger partial charge is 0.710 e. The molecule has 0 aliphatic heterocycles. The summed E-state index contributed by atoms with van der Waals surface area (Å²) >= 11 is 0. The molecule has 2 aromatic carbocycles. The van der Waals surface area contributed by atoms with Gasteiger partial charge in [-0.2, -0.15) is 0 Å². The van der Waals surface area contributed by atoms with E-state index in [-0.39, 0.29) is 5.75 Å². The molecule has 0 radical (unpaired) electrons. The molecule has 116 valence electrons. The van der Waals surface area contributed by atoms with Gasteiger partial charge in [0, 0.05) is 17.2 Å². The number of methoxy groups -OCH3 is 1. The highest BCUT2D eigenvalue weighted by atomic mass is 16.5. The molecule has 0 unspecified atom stereocenters. The number of nitrogens with zero attached hydrogens (tertiary/aromatic N) is 2. The number of aromatic nitrogens is 2. The molecule has 23 heavy (non-hydrogen) atoms. The van der Waals surface area contributed by atoms with Gasteiger partial charge in [-0.05, 0) is 59.9 Å². The van der Waals surface area contributed by atoms with Crippen LogP contribution >= 0.6 is 0 Å². The highest BCUT2D eigenvalue weighted by Crippen LogP contribution is 2.26. The fourth-order valence-electron chi connectivity index (χ4n) is 2.35. The van der Waals surface area contributed by atoms with E-state index < -0.39 is 0 Å². The molecule has 1 heterocycles. The molecular weight excluding hydrogens is 292 g/mol. The lowest BCUT2D eigenvalue weighted by Gasteiger charge is -2.10. The molecule has 3 aromatic rings. The zero-order chi connectivity index (χ0) is 16.4. The predicted molar refractivity (Wildman–Crippen MR) is 87.0 cm³/mol. The van der Waals surface area contributed by atoms with Gasteiger partial charge in [-0.15, -0.1) is 0 Å². The standard InChI is InChI=1S/C18H16N2O3/c1-12-9-14(5-8-18(12)21)16-10-17(20(22)11-19-16)13-3-6-15(23-2)7-4-13/h3-11,21H,1-2H3. The zero-order valence-corrected chi connectivity index (χ0v) is 12.9. The number of hydrogen-bond acceptors (Lipinski definition) is 4. The number of ether oxygens (including phenoxy) is 1. The first-order valence-electron chi connectivity index (χ1n) is 7.12. The fourth-order valence-corrected chi connectivity index (χ4v) is 2.35. The monoisotopic (exact) mass is 308 g/mol. The van der Waals surface area contributed by atoms with Crippen LogP contribution in [0.2, 0.25) is 0 Å². The molecule has 1 aromatic heterocycles. The molecular formula is C18H16N2O3. The van der Waals surface area contributed by atoms with Gasteiger partial charge in [0.2, 0.25) is 0 Å². The third-order valence-electron chi connectivity index (χ3n) is 3.69. The second-order valence-electron chi connectivity index (χ2n) is 5.21. The van der Waals surface area contributed by atoms with Gasteiger partial charge in [-0.1, -0.05) is 0 Å². The van der Waals surface area contributed by atoms with Crippen molar-refractivity contribution in [1.29, 1.82) is 0 Å². The summed E-state index contributed by atoms with van der Waals surface area (Å²) in [5.41, 5.74) is 3.55. The van der Waals surface area contributed by atoms with E-state index in [2.05, 4.69) is 4.98 Å². The van der Waals surface area contributed by atoms with Crippen LogP contribution in [0.4, 0.5) is 0 Å². The van der Waals surface area contributed by atoms with E-state index in [9.17, 15) is 10.3 Å². The molecule has 0 amide bonds. The Labute approximate surface area is 134 Å². The molecule has 3 rings (SSSR count). The topological polar surface area (TPSA) is 69.3 Å². The lowest BCUT2D eigenvalue weighted by Crippen LogP contribution is -2.29. The third-order valence-corrected chi connectivity index (χ3v) is 3.69. The van der Waals surface area contributed by atoms with Crippen LogP contribution in [0.15, 0.2) is 54.9 Å². The summed E-state index contributed by atoms with van der Waals surface area (Å²) in [6, 6.07) is 14.2. The van der Waals surface area contributed by atoms with E-state index in [1.165, 1.54) is 6.33 Å². The van der Waals surface area contributed by atoms with E-state index in [1.54, 1.807) is 37.4 Å². The van der Waals surface area contributed by atoms with Gasteiger partial charge in [-0.3, -0.25) is 0 Å². The molecule has 0 aliphatic rings. The number of aryl methyl sites for hydroxylation is 1. The Hall–Kier alpha value is -3.08. The maximum Gasteiger partial charge on any atom is 0.290 e. The van der Waals surface area contributed by atoms with Crippen molar-refractivity contribution < 1.29 is 14.6 Å². The van der Waals surface area contributed by atoms with Crippen LogP contribution in [0.5, 0.6) is 11.5 Å². The van der Waals surface area contributed by atoms with Gasteiger partial charge >= 0.3 is 0 Å². The fraction of sp³-hybridized carbons (Fsp3) is 0.111. The quantitative estimate of drug-likeness (QED) is 0.596. The number of hydrogen-bond donors (Lipinski definition) is 1.